The molecule has 2 aromatic carbocycles. The summed E-state index contributed by atoms with van der Waals surface area (Å²) in [7, 11) is 0. The zero-order valence-corrected chi connectivity index (χ0v) is 21.5. The molecule has 3 heterocycles. The molecule has 0 saturated carbocycles. The van der Waals surface area contributed by atoms with Gasteiger partial charge in [-0.1, -0.05) is 61.8 Å². The molecule has 0 aliphatic rings. The van der Waals surface area contributed by atoms with E-state index in [-0.39, 0.29) is 23.0 Å². The van der Waals surface area contributed by atoms with Gasteiger partial charge >= 0.3 is 0 Å². The summed E-state index contributed by atoms with van der Waals surface area (Å²) in [5.41, 5.74) is 3.35. The van der Waals surface area contributed by atoms with E-state index in [1.54, 1.807) is 22.8 Å². The Morgan fingerprint density at radius 3 is 2.61 bits per heavy atom. The molecule has 11 heteroatoms. The number of fused-ring (bicyclic) bond motifs is 1. The van der Waals surface area contributed by atoms with Gasteiger partial charge in [-0.25, -0.2) is 13.9 Å². The third-order valence-electron chi connectivity index (χ3n) is 5.89. The van der Waals surface area contributed by atoms with Crippen LogP contribution in [0.25, 0.3) is 27.9 Å². The summed E-state index contributed by atoms with van der Waals surface area (Å²) in [6, 6.07) is 11.7. The van der Waals surface area contributed by atoms with E-state index in [1.165, 1.54) is 18.5 Å². The summed E-state index contributed by atoms with van der Waals surface area (Å²) in [4.78, 5) is 31.9. The molecule has 192 valence electrons. The lowest BCUT2D eigenvalue weighted by molar-refractivity contribution is 0.0937. The van der Waals surface area contributed by atoms with E-state index in [1.807, 2.05) is 39.0 Å². The summed E-state index contributed by atoms with van der Waals surface area (Å²) in [5.74, 6) is -0.911. The van der Waals surface area contributed by atoms with E-state index >= 15 is 4.39 Å². The molecule has 0 radical (unpaired) electrons. The van der Waals surface area contributed by atoms with Crippen molar-refractivity contribution in [3.63, 3.8) is 0 Å². The highest BCUT2D eigenvalue weighted by molar-refractivity contribution is 6.31. The van der Waals surface area contributed by atoms with Gasteiger partial charge in [-0.05, 0) is 29.3 Å². The number of nitrogens with one attached hydrogen (secondary N) is 1. The minimum Gasteiger partial charge on any atom is -0.345 e. The minimum atomic E-state index is -0.566. The zero-order valence-electron chi connectivity index (χ0n) is 20.7. The molecule has 0 aliphatic heterocycles. The molecule has 0 fully saturated rings. The third kappa shape index (κ3) is 4.90. The van der Waals surface area contributed by atoms with Gasteiger partial charge in [-0.2, -0.15) is 10.1 Å². The molecule has 5 aromatic rings. The molecule has 1 N–H and O–H groups in total. The number of nitrogens with zero attached hydrogens (tertiary/aromatic N) is 5. The average Bonchev–Trinajstić information content (AvgIpc) is 3.57. The van der Waals surface area contributed by atoms with E-state index in [9.17, 15) is 9.59 Å². The summed E-state index contributed by atoms with van der Waals surface area (Å²) in [5, 5.41) is 10.8. The highest BCUT2D eigenvalue weighted by Crippen LogP contribution is 2.32. The molecule has 1 amide bonds. The molecular weight excluding hydrogens is 511 g/mol. The summed E-state index contributed by atoms with van der Waals surface area (Å²) in [6.45, 7) is 5.62. The van der Waals surface area contributed by atoms with Crippen LogP contribution in [0.5, 0.6) is 0 Å². The first-order valence-electron chi connectivity index (χ1n) is 11.6. The molecular formula is C27H22ClFN6O3. The van der Waals surface area contributed by atoms with Crippen LogP contribution in [0.15, 0.2) is 59.5 Å². The fraction of sp³-hybridized carbons (Fsp3) is 0.185. The largest absolute Gasteiger partial charge is 0.345 e. The smallest absolute Gasteiger partial charge is 0.292 e. The Kier molecular flexibility index (Phi) is 6.50. The van der Waals surface area contributed by atoms with Crippen molar-refractivity contribution >= 4 is 29.3 Å². The van der Waals surface area contributed by atoms with Crippen molar-refractivity contribution in [2.45, 2.75) is 32.7 Å². The topological polar surface area (TPSA) is 115 Å². The second-order valence-electron chi connectivity index (χ2n) is 9.69. The van der Waals surface area contributed by atoms with Gasteiger partial charge in [0.05, 0.1) is 5.52 Å². The maximum atomic E-state index is 15.3. The summed E-state index contributed by atoms with van der Waals surface area (Å²) < 4.78 is 22.1. The normalized spacial score (nSPS) is 11.6. The summed E-state index contributed by atoms with van der Waals surface area (Å²) in [6.07, 6.45) is 3.90. The predicted molar refractivity (Wildman–Crippen MR) is 138 cm³/mol. The van der Waals surface area contributed by atoms with Crippen LogP contribution in [-0.4, -0.2) is 36.9 Å². The number of carbonyl (C=O) groups excluding carboxylic acids is 2. The predicted octanol–water partition coefficient (Wildman–Crippen LogP) is 5.28. The Labute approximate surface area is 221 Å². The van der Waals surface area contributed by atoms with Gasteiger partial charge in [0.2, 0.25) is 5.89 Å². The fourth-order valence-electron chi connectivity index (χ4n) is 3.83. The van der Waals surface area contributed by atoms with Gasteiger partial charge in [0.25, 0.3) is 11.7 Å². The molecule has 0 bridgehead atoms. The molecule has 0 saturated heterocycles. The standard InChI is InChI=1S/C27H22ClFN6O3/c1-27(2,3)26-33-24(34-38-26)25(37)30-11-17-8-21(29)19(10-20(17)28)23-22-9-18(12-35(22)32-14-31-23)16-6-4-15(13-36)5-7-16/h4-10,12-14H,11H2,1-3H3,(H,30,37). The number of carbonyl (C=O) groups is 2. The molecule has 0 spiro atoms. The van der Waals surface area contributed by atoms with Crippen LogP contribution >= 0.6 is 11.6 Å². The number of aldehydes is 1. The van der Waals surface area contributed by atoms with Crippen LogP contribution in [0, 0.1) is 5.82 Å². The molecule has 0 atom stereocenters. The Balaban J connectivity index is 1.40. The number of halogens is 2. The van der Waals surface area contributed by atoms with Crippen molar-refractivity contribution in [3.05, 3.63) is 88.7 Å². The zero-order chi connectivity index (χ0) is 27.0. The number of hydrogen-bond acceptors (Lipinski definition) is 7. The van der Waals surface area contributed by atoms with Crippen molar-refractivity contribution in [2.24, 2.45) is 0 Å². The third-order valence-corrected chi connectivity index (χ3v) is 6.24. The molecule has 0 aliphatic carbocycles. The number of aromatic nitrogens is 5. The average molecular weight is 533 g/mol. The molecule has 9 nitrogen and oxygen atoms in total. The van der Waals surface area contributed by atoms with Gasteiger partial charge < -0.3 is 9.84 Å². The van der Waals surface area contributed by atoms with Crippen molar-refractivity contribution < 1.29 is 18.5 Å². The second kappa shape index (κ2) is 9.79. The highest BCUT2D eigenvalue weighted by atomic mass is 35.5. The van der Waals surface area contributed by atoms with E-state index in [0.717, 1.165) is 17.4 Å². The number of benzene rings is 2. The number of hydrogen-bond donors (Lipinski definition) is 1. The van der Waals surface area contributed by atoms with E-state index in [2.05, 4.69) is 25.5 Å². The van der Waals surface area contributed by atoms with Crippen molar-refractivity contribution in [1.82, 2.24) is 30.1 Å². The van der Waals surface area contributed by atoms with Gasteiger partial charge in [0, 0.05) is 39.9 Å². The quantitative estimate of drug-likeness (QED) is 0.296. The highest BCUT2D eigenvalue weighted by Gasteiger charge is 2.24. The first-order valence-corrected chi connectivity index (χ1v) is 12.0. The second-order valence-corrected chi connectivity index (χ2v) is 10.1. The van der Waals surface area contributed by atoms with Crippen LogP contribution in [0.4, 0.5) is 4.39 Å². The number of rotatable bonds is 6. The first kappa shape index (κ1) is 25.2. The van der Waals surface area contributed by atoms with E-state index < -0.39 is 17.1 Å². The maximum absolute atomic E-state index is 15.3. The minimum absolute atomic E-state index is 0.0422. The Morgan fingerprint density at radius 2 is 1.92 bits per heavy atom. The Morgan fingerprint density at radius 1 is 1.16 bits per heavy atom. The molecule has 5 rings (SSSR count). The van der Waals surface area contributed by atoms with Gasteiger partial charge in [0.15, 0.2) is 0 Å². The van der Waals surface area contributed by atoms with E-state index in [4.69, 9.17) is 16.1 Å². The Bertz CT molecular complexity index is 1670. The first-order chi connectivity index (χ1) is 18.1. The SMILES string of the molecule is CC(C)(C)c1nc(C(=O)NCc2cc(F)c(-c3ncnn4cc(-c5ccc(C=O)cc5)cc34)cc2Cl)no1. The lowest BCUT2D eigenvalue weighted by Gasteiger charge is -2.11. The van der Waals surface area contributed by atoms with Crippen LogP contribution < -0.4 is 5.32 Å². The van der Waals surface area contributed by atoms with E-state index in [0.29, 0.717) is 28.2 Å². The van der Waals surface area contributed by atoms with Crippen LogP contribution in [0.1, 0.15) is 53.2 Å². The van der Waals surface area contributed by atoms with Gasteiger partial charge in [0.1, 0.15) is 24.1 Å². The molecule has 3 aromatic heterocycles. The lowest BCUT2D eigenvalue weighted by Crippen LogP contribution is -2.24. The Hall–Kier alpha value is -4.44. The van der Waals surface area contributed by atoms with Crippen LogP contribution in [-0.2, 0) is 12.0 Å². The summed E-state index contributed by atoms with van der Waals surface area (Å²) >= 11 is 6.48. The fourth-order valence-corrected chi connectivity index (χ4v) is 4.06. The molecule has 38 heavy (non-hydrogen) atoms. The number of amides is 1. The lowest BCUT2D eigenvalue weighted by atomic mass is 9.97. The van der Waals surface area contributed by atoms with Crippen molar-refractivity contribution in [3.8, 4) is 22.4 Å². The van der Waals surface area contributed by atoms with Gasteiger partial charge in [-0.15, -0.1) is 0 Å². The monoisotopic (exact) mass is 532 g/mol. The van der Waals surface area contributed by atoms with Crippen LogP contribution in [0.3, 0.4) is 0 Å². The molecule has 0 unspecified atom stereocenters. The van der Waals surface area contributed by atoms with Crippen molar-refractivity contribution in [1.29, 1.82) is 0 Å². The van der Waals surface area contributed by atoms with Crippen LogP contribution in [0.2, 0.25) is 5.02 Å². The maximum Gasteiger partial charge on any atom is 0.292 e. The van der Waals surface area contributed by atoms with Gasteiger partial charge in [-0.3, -0.25) is 9.59 Å². The van der Waals surface area contributed by atoms with Crippen molar-refractivity contribution in [2.75, 3.05) is 0 Å².